The van der Waals surface area contributed by atoms with Crippen LogP contribution in [0.1, 0.15) is 42.6 Å². The van der Waals surface area contributed by atoms with Gasteiger partial charge in [0.25, 0.3) is 11.6 Å². The van der Waals surface area contributed by atoms with E-state index in [0.717, 1.165) is 11.4 Å². The fraction of sp³-hybridized carbons (Fsp3) is 0.357. The number of aromatic nitrogens is 2. The van der Waals surface area contributed by atoms with E-state index in [1.165, 1.54) is 29.5 Å². The third kappa shape index (κ3) is 3.28. The molecular weight excluding hydrogens is 304 g/mol. The first-order chi connectivity index (χ1) is 10.3. The standard InChI is InChI=1S/C14H16N4O3S/c1-4-14(2,3)12-16-17-13(22-12)15-11(19)9-7-5-6-8-10(9)18(20)21/h5-8H,4H2,1-3H3,(H,15,17,19). The molecule has 0 fully saturated rings. The third-order valence-corrected chi connectivity index (χ3v) is 4.66. The molecule has 1 aromatic carbocycles. The summed E-state index contributed by atoms with van der Waals surface area (Å²) in [5, 5.41) is 22.7. The Balaban J connectivity index is 2.22. The average molecular weight is 320 g/mol. The maximum atomic E-state index is 12.2. The van der Waals surface area contributed by atoms with Gasteiger partial charge in [-0.15, -0.1) is 10.2 Å². The Morgan fingerprint density at radius 3 is 2.68 bits per heavy atom. The number of anilines is 1. The summed E-state index contributed by atoms with van der Waals surface area (Å²) in [5.74, 6) is -0.565. The molecule has 116 valence electrons. The molecule has 0 aliphatic rings. The number of benzene rings is 1. The van der Waals surface area contributed by atoms with Gasteiger partial charge >= 0.3 is 0 Å². The van der Waals surface area contributed by atoms with Crippen molar-refractivity contribution in [3.05, 3.63) is 45.0 Å². The van der Waals surface area contributed by atoms with Gasteiger partial charge in [-0.25, -0.2) is 0 Å². The third-order valence-electron chi connectivity index (χ3n) is 3.45. The van der Waals surface area contributed by atoms with Gasteiger partial charge in [-0.2, -0.15) is 0 Å². The van der Waals surface area contributed by atoms with Crippen molar-refractivity contribution in [2.75, 3.05) is 5.32 Å². The zero-order valence-corrected chi connectivity index (χ0v) is 13.3. The number of nitrogens with one attached hydrogen (secondary N) is 1. The Morgan fingerprint density at radius 1 is 1.36 bits per heavy atom. The minimum absolute atomic E-state index is 0.000924. The van der Waals surface area contributed by atoms with Crippen LogP contribution in [0.2, 0.25) is 0 Å². The molecule has 1 amide bonds. The van der Waals surface area contributed by atoms with E-state index in [1.807, 2.05) is 20.8 Å². The molecule has 0 saturated heterocycles. The van der Waals surface area contributed by atoms with Gasteiger partial charge in [0.05, 0.1) is 4.92 Å². The maximum Gasteiger partial charge on any atom is 0.282 e. The maximum absolute atomic E-state index is 12.2. The second-order valence-electron chi connectivity index (χ2n) is 5.38. The van der Waals surface area contributed by atoms with Gasteiger partial charge in [0, 0.05) is 11.5 Å². The largest absolute Gasteiger partial charge is 0.296 e. The van der Waals surface area contributed by atoms with Gasteiger partial charge < -0.3 is 0 Å². The van der Waals surface area contributed by atoms with Crippen molar-refractivity contribution < 1.29 is 9.72 Å². The Kier molecular flexibility index (Phi) is 4.51. The number of hydrogen-bond donors (Lipinski definition) is 1. The van der Waals surface area contributed by atoms with Crippen molar-refractivity contribution in [3.63, 3.8) is 0 Å². The molecule has 0 atom stereocenters. The molecule has 22 heavy (non-hydrogen) atoms. The van der Waals surface area contributed by atoms with E-state index in [-0.39, 0.29) is 16.7 Å². The van der Waals surface area contributed by atoms with Crippen LogP contribution in [0.5, 0.6) is 0 Å². The van der Waals surface area contributed by atoms with E-state index in [0.29, 0.717) is 5.13 Å². The summed E-state index contributed by atoms with van der Waals surface area (Å²) in [4.78, 5) is 22.6. The topological polar surface area (TPSA) is 98.0 Å². The quantitative estimate of drug-likeness (QED) is 0.672. The van der Waals surface area contributed by atoms with E-state index in [4.69, 9.17) is 0 Å². The average Bonchev–Trinajstić information content (AvgIpc) is 2.96. The van der Waals surface area contributed by atoms with Gasteiger partial charge in [-0.3, -0.25) is 20.2 Å². The lowest BCUT2D eigenvalue weighted by Crippen LogP contribution is -2.14. The highest BCUT2D eigenvalue weighted by Gasteiger charge is 2.25. The predicted octanol–water partition coefficient (Wildman–Crippen LogP) is 3.39. The normalized spacial score (nSPS) is 11.2. The highest BCUT2D eigenvalue weighted by atomic mass is 32.1. The van der Waals surface area contributed by atoms with Crippen molar-refractivity contribution in [1.29, 1.82) is 0 Å². The Morgan fingerprint density at radius 2 is 2.05 bits per heavy atom. The van der Waals surface area contributed by atoms with Crippen LogP contribution < -0.4 is 5.32 Å². The lowest BCUT2D eigenvalue weighted by Gasteiger charge is -2.17. The molecule has 1 heterocycles. The molecule has 0 aliphatic carbocycles. The number of rotatable bonds is 5. The monoisotopic (exact) mass is 320 g/mol. The molecule has 0 spiro atoms. The highest BCUT2D eigenvalue weighted by molar-refractivity contribution is 7.15. The van der Waals surface area contributed by atoms with Crippen LogP contribution in [0, 0.1) is 10.1 Å². The highest BCUT2D eigenvalue weighted by Crippen LogP contribution is 2.31. The van der Waals surface area contributed by atoms with Gasteiger partial charge in [0.2, 0.25) is 5.13 Å². The van der Waals surface area contributed by atoms with Crippen LogP contribution in [0.4, 0.5) is 10.8 Å². The van der Waals surface area contributed by atoms with Gasteiger partial charge in [0.15, 0.2) is 0 Å². The fourth-order valence-corrected chi connectivity index (χ4v) is 2.60. The summed E-state index contributed by atoms with van der Waals surface area (Å²) in [7, 11) is 0. The van der Waals surface area contributed by atoms with Gasteiger partial charge in [0.1, 0.15) is 10.6 Å². The zero-order chi connectivity index (χ0) is 16.3. The van der Waals surface area contributed by atoms with Crippen molar-refractivity contribution in [2.45, 2.75) is 32.6 Å². The number of carbonyl (C=O) groups excluding carboxylic acids is 1. The van der Waals surface area contributed by atoms with Crippen LogP contribution >= 0.6 is 11.3 Å². The van der Waals surface area contributed by atoms with Gasteiger partial charge in [-0.1, -0.05) is 44.2 Å². The molecule has 0 bridgehead atoms. The second kappa shape index (κ2) is 6.18. The van der Waals surface area contributed by atoms with Crippen LogP contribution in [0.3, 0.4) is 0 Å². The summed E-state index contributed by atoms with van der Waals surface area (Å²) in [6.45, 7) is 6.13. The molecule has 1 aromatic heterocycles. The lowest BCUT2D eigenvalue weighted by molar-refractivity contribution is -0.385. The van der Waals surface area contributed by atoms with Crippen LogP contribution in [-0.4, -0.2) is 21.0 Å². The summed E-state index contributed by atoms with van der Waals surface area (Å²) in [5.41, 5.74) is -0.364. The van der Waals surface area contributed by atoms with Crippen LogP contribution in [-0.2, 0) is 5.41 Å². The molecule has 1 N–H and O–H groups in total. The van der Waals surface area contributed by atoms with E-state index < -0.39 is 10.8 Å². The van der Waals surface area contributed by atoms with Gasteiger partial charge in [-0.05, 0) is 12.5 Å². The smallest absolute Gasteiger partial charge is 0.282 e. The number of nitro groups is 1. The molecule has 2 aromatic rings. The Hall–Kier alpha value is -2.35. The molecule has 8 heteroatoms. The van der Waals surface area contributed by atoms with E-state index in [2.05, 4.69) is 15.5 Å². The molecule has 0 saturated carbocycles. The first-order valence-electron chi connectivity index (χ1n) is 6.74. The molecule has 0 radical (unpaired) electrons. The summed E-state index contributed by atoms with van der Waals surface area (Å²) >= 11 is 1.28. The van der Waals surface area contributed by atoms with E-state index in [1.54, 1.807) is 6.07 Å². The lowest BCUT2D eigenvalue weighted by atomic mass is 9.91. The number of hydrogen-bond acceptors (Lipinski definition) is 6. The van der Waals surface area contributed by atoms with Crippen LogP contribution in [0.15, 0.2) is 24.3 Å². The number of nitrogens with zero attached hydrogens (tertiary/aromatic N) is 3. The minimum atomic E-state index is -0.583. The van der Waals surface area contributed by atoms with Crippen molar-refractivity contribution in [1.82, 2.24) is 10.2 Å². The van der Waals surface area contributed by atoms with Crippen molar-refractivity contribution in [2.24, 2.45) is 0 Å². The first-order valence-corrected chi connectivity index (χ1v) is 7.55. The van der Waals surface area contributed by atoms with E-state index >= 15 is 0 Å². The molecule has 2 rings (SSSR count). The molecule has 0 aliphatic heterocycles. The van der Waals surface area contributed by atoms with E-state index in [9.17, 15) is 14.9 Å². The van der Waals surface area contributed by atoms with Crippen LogP contribution in [0.25, 0.3) is 0 Å². The number of nitro benzene ring substituents is 1. The Labute approximate surface area is 131 Å². The SMILES string of the molecule is CCC(C)(C)c1nnc(NC(=O)c2ccccc2[N+](=O)[O-])s1. The molecule has 7 nitrogen and oxygen atoms in total. The predicted molar refractivity (Wildman–Crippen MR) is 84.3 cm³/mol. The number of amides is 1. The first kappa shape index (κ1) is 16.0. The summed E-state index contributed by atoms with van der Waals surface area (Å²) in [6.07, 6.45) is 0.889. The summed E-state index contributed by atoms with van der Waals surface area (Å²) in [6, 6.07) is 5.79. The van der Waals surface area contributed by atoms with Crippen molar-refractivity contribution in [3.8, 4) is 0 Å². The van der Waals surface area contributed by atoms with Crippen molar-refractivity contribution >= 4 is 28.1 Å². The summed E-state index contributed by atoms with van der Waals surface area (Å²) < 4.78 is 0. The molecule has 0 unspecified atom stereocenters. The minimum Gasteiger partial charge on any atom is -0.296 e. The Bertz CT molecular complexity index is 712. The molecular formula is C14H16N4O3S. The number of carbonyl (C=O) groups is 1. The number of para-hydroxylation sites is 1. The second-order valence-corrected chi connectivity index (χ2v) is 6.36. The fourth-order valence-electron chi connectivity index (χ4n) is 1.69. The zero-order valence-electron chi connectivity index (χ0n) is 12.5.